The Labute approximate surface area is 194 Å². The van der Waals surface area contributed by atoms with E-state index in [1.54, 1.807) is 7.11 Å². The van der Waals surface area contributed by atoms with Gasteiger partial charge in [0.15, 0.2) is 6.29 Å². The zero-order chi connectivity index (χ0) is 23.8. The Balaban J connectivity index is 2.21. The molecular formula is C25H48O7. The lowest BCUT2D eigenvalue weighted by atomic mass is 9.99. The number of ether oxygens (including phenoxy) is 3. The minimum atomic E-state index is -1.43. The van der Waals surface area contributed by atoms with Crippen molar-refractivity contribution in [1.82, 2.24) is 0 Å². The van der Waals surface area contributed by atoms with Crippen molar-refractivity contribution >= 4 is 0 Å². The third kappa shape index (κ3) is 11.1. The molecule has 1 saturated heterocycles. The molecule has 0 amide bonds. The van der Waals surface area contributed by atoms with Crippen LogP contribution in [0.3, 0.4) is 0 Å². The zero-order valence-electron chi connectivity index (χ0n) is 20.4. The highest BCUT2D eigenvalue weighted by molar-refractivity contribution is 4.93. The van der Waals surface area contributed by atoms with Crippen LogP contribution in [0.25, 0.3) is 0 Å². The van der Waals surface area contributed by atoms with Gasteiger partial charge in [0.05, 0.1) is 19.3 Å². The van der Waals surface area contributed by atoms with Crippen molar-refractivity contribution < 1.29 is 34.6 Å². The predicted molar refractivity (Wildman–Crippen MR) is 125 cm³/mol. The topological polar surface area (TPSA) is 109 Å². The van der Waals surface area contributed by atoms with E-state index < -0.39 is 37.3 Å². The van der Waals surface area contributed by atoms with Gasteiger partial charge in [0.2, 0.25) is 0 Å². The molecule has 7 nitrogen and oxygen atoms in total. The summed E-state index contributed by atoms with van der Waals surface area (Å²) >= 11 is 0. The molecule has 1 aliphatic rings. The number of methoxy groups -OCH3 is 1. The second kappa shape index (κ2) is 17.9. The zero-order valence-corrected chi connectivity index (χ0v) is 20.4. The van der Waals surface area contributed by atoms with Gasteiger partial charge in [0.1, 0.15) is 24.4 Å². The van der Waals surface area contributed by atoms with Crippen molar-refractivity contribution in [1.29, 1.82) is 0 Å². The maximum atomic E-state index is 10.1. The van der Waals surface area contributed by atoms with Crippen molar-refractivity contribution in [3.8, 4) is 0 Å². The lowest BCUT2D eigenvalue weighted by Gasteiger charge is -2.40. The molecule has 7 heteroatoms. The second-order valence-electron chi connectivity index (χ2n) is 9.11. The molecule has 1 fully saturated rings. The lowest BCUT2D eigenvalue weighted by Crippen LogP contribution is -2.59. The monoisotopic (exact) mass is 460 g/mol. The van der Waals surface area contributed by atoms with Crippen LogP contribution in [0.15, 0.2) is 12.2 Å². The van der Waals surface area contributed by atoms with Gasteiger partial charge in [0.25, 0.3) is 0 Å². The smallest absolute Gasteiger partial charge is 0.186 e. The number of hydrogen-bond donors (Lipinski definition) is 4. The quantitative estimate of drug-likeness (QED) is 0.183. The van der Waals surface area contributed by atoms with Crippen molar-refractivity contribution in [3.05, 3.63) is 12.2 Å². The first-order valence-electron chi connectivity index (χ1n) is 12.6. The van der Waals surface area contributed by atoms with Crippen LogP contribution >= 0.6 is 0 Å². The summed E-state index contributed by atoms with van der Waals surface area (Å²) in [5.74, 6) is -0.00340. The van der Waals surface area contributed by atoms with Crippen LogP contribution < -0.4 is 0 Å². The lowest BCUT2D eigenvalue weighted by molar-refractivity contribution is -0.303. The van der Waals surface area contributed by atoms with Crippen LogP contribution in [0.1, 0.15) is 84.5 Å². The Hall–Kier alpha value is -0.540. The molecule has 0 aromatic heterocycles. The predicted octanol–water partition coefficient (Wildman–Crippen LogP) is 3.32. The molecule has 0 aliphatic carbocycles. The average Bonchev–Trinajstić information content (AvgIpc) is 2.80. The first-order chi connectivity index (χ1) is 15.5. The van der Waals surface area contributed by atoms with Gasteiger partial charge in [0, 0.05) is 13.0 Å². The molecule has 0 bridgehead atoms. The van der Waals surface area contributed by atoms with Crippen LogP contribution in [-0.4, -0.2) is 77.6 Å². The van der Waals surface area contributed by atoms with E-state index in [4.69, 9.17) is 14.2 Å². The van der Waals surface area contributed by atoms with Crippen LogP contribution in [0.2, 0.25) is 0 Å². The summed E-state index contributed by atoms with van der Waals surface area (Å²) in [4.78, 5) is 0. The average molecular weight is 461 g/mol. The van der Waals surface area contributed by atoms with Crippen molar-refractivity contribution in [2.24, 2.45) is 5.92 Å². The number of aliphatic hydroxyl groups excluding tert-OH is 4. The van der Waals surface area contributed by atoms with Crippen molar-refractivity contribution in [3.63, 3.8) is 0 Å². The highest BCUT2D eigenvalue weighted by atomic mass is 16.7. The molecule has 190 valence electrons. The van der Waals surface area contributed by atoms with Gasteiger partial charge in [-0.25, -0.2) is 0 Å². The fourth-order valence-corrected chi connectivity index (χ4v) is 4.03. The highest BCUT2D eigenvalue weighted by Gasteiger charge is 2.44. The standard InChI is InChI=1S/C25H48O7/c1-4-5-6-7-8-9-10-11-12-13-14-15-16-20(30-3)19(2)18-31-25-24(29)23(28)22(27)21(17-26)32-25/h15-16,19-29H,4-14,17-18H2,1-3H3. The van der Waals surface area contributed by atoms with Crippen molar-refractivity contribution in [2.45, 2.75) is 121 Å². The highest BCUT2D eigenvalue weighted by Crippen LogP contribution is 2.23. The number of rotatable bonds is 18. The molecule has 32 heavy (non-hydrogen) atoms. The molecule has 1 aliphatic heterocycles. The molecule has 0 aromatic carbocycles. The maximum absolute atomic E-state index is 10.1. The Kier molecular flexibility index (Phi) is 16.5. The number of aliphatic hydroxyl groups is 4. The molecular weight excluding hydrogens is 412 g/mol. The summed E-state index contributed by atoms with van der Waals surface area (Å²) in [5.41, 5.74) is 0. The van der Waals surface area contributed by atoms with E-state index in [0.717, 1.165) is 6.42 Å². The van der Waals surface area contributed by atoms with Gasteiger partial charge in [-0.2, -0.15) is 0 Å². The van der Waals surface area contributed by atoms with E-state index in [1.165, 1.54) is 64.2 Å². The second-order valence-corrected chi connectivity index (χ2v) is 9.11. The fourth-order valence-electron chi connectivity index (χ4n) is 4.03. The summed E-state index contributed by atoms with van der Waals surface area (Å²) in [6.07, 6.45) is 12.1. The molecule has 0 aromatic rings. The summed E-state index contributed by atoms with van der Waals surface area (Å²) in [6, 6.07) is 0. The Bertz CT molecular complexity index is 471. The minimum absolute atomic E-state index is 0.00340. The van der Waals surface area contributed by atoms with Gasteiger partial charge < -0.3 is 34.6 Å². The number of hydrogen-bond acceptors (Lipinski definition) is 7. The number of unbranched alkanes of at least 4 members (excludes halogenated alkanes) is 10. The SMILES string of the molecule is CCCCCCCCCCCCC=CC(OC)C(C)COC1OC(CO)C(O)C(O)C1O. The van der Waals surface area contributed by atoms with Gasteiger partial charge in [-0.05, 0) is 12.8 Å². The summed E-state index contributed by atoms with van der Waals surface area (Å²) < 4.78 is 16.6. The Morgan fingerprint density at radius 3 is 2.03 bits per heavy atom. The first kappa shape index (κ1) is 29.5. The summed E-state index contributed by atoms with van der Waals surface area (Å²) in [7, 11) is 1.65. The third-order valence-electron chi connectivity index (χ3n) is 6.25. The van der Waals surface area contributed by atoms with Gasteiger partial charge in [-0.15, -0.1) is 0 Å². The minimum Gasteiger partial charge on any atom is -0.394 e. The van der Waals surface area contributed by atoms with E-state index >= 15 is 0 Å². The normalized spacial score (nSPS) is 28.3. The van der Waals surface area contributed by atoms with E-state index in [-0.39, 0.29) is 18.6 Å². The molecule has 1 heterocycles. The summed E-state index contributed by atoms with van der Waals surface area (Å²) in [6.45, 7) is 4.00. The third-order valence-corrected chi connectivity index (χ3v) is 6.25. The van der Waals surface area contributed by atoms with E-state index in [0.29, 0.717) is 0 Å². The molecule has 0 spiro atoms. The van der Waals surface area contributed by atoms with Crippen molar-refractivity contribution in [2.75, 3.05) is 20.3 Å². The molecule has 4 N–H and O–H groups in total. The molecule has 1 rings (SSSR count). The van der Waals surface area contributed by atoms with Gasteiger partial charge >= 0.3 is 0 Å². The Morgan fingerprint density at radius 1 is 0.875 bits per heavy atom. The van der Waals surface area contributed by atoms with Crippen LogP contribution in [0, 0.1) is 5.92 Å². The van der Waals surface area contributed by atoms with Gasteiger partial charge in [-0.3, -0.25) is 0 Å². The molecule has 0 radical (unpaired) electrons. The van der Waals surface area contributed by atoms with Gasteiger partial charge in [-0.1, -0.05) is 83.8 Å². The molecule has 0 saturated carbocycles. The van der Waals surface area contributed by atoms with Crippen LogP contribution in [0.5, 0.6) is 0 Å². The molecule has 7 unspecified atom stereocenters. The summed E-state index contributed by atoms with van der Waals surface area (Å²) in [5, 5.41) is 39.0. The van der Waals surface area contributed by atoms with E-state index in [9.17, 15) is 20.4 Å². The largest absolute Gasteiger partial charge is 0.394 e. The van der Waals surface area contributed by atoms with Crippen LogP contribution in [0.4, 0.5) is 0 Å². The Morgan fingerprint density at radius 2 is 1.47 bits per heavy atom. The van der Waals surface area contributed by atoms with E-state index in [2.05, 4.69) is 19.1 Å². The number of allylic oxidation sites excluding steroid dienone is 1. The molecule has 7 atom stereocenters. The fraction of sp³-hybridized carbons (Fsp3) is 0.920. The van der Waals surface area contributed by atoms with Crippen LogP contribution in [-0.2, 0) is 14.2 Å². The maximum Gasteiger partial charge on any atom is 0.186 e. The first-order valence-corrected chi connectivity index (χ1v) is 12.6. The van der Waals surface area contributed by atoms with E-state index in [1.807, 2.05) is 6.92 Å².